The number of aromatic nitrogens is 3. The summed E-state index contributed by atoms with van der Waals surface area (Å²) in [6.45, 7) is 1.27. The fourth-order valence-corrected chi connectivity index (χ4v) is 3.08. The van der Waals surface area contributed by atoms with Gasteiger partial charge in [0.15, 0.2) is 0 Å². The molecule has 6 nitrogen and oxygen atoms in total. The number of hydrogen-bond donors (Lipinski definition) is 2. The van der Waals surface area contributed by atoms with Crippen LogP contribution in [-0.2, 0) is 17.9 Å². The van der Waals surface area contributed by atoms with Crippen LogP contribution in [0, 0.1) is 0 Å². The summed E-state index contributed by atoms with van der Waals surface area (Å²) in [7, 11) is 0. The fourth-order valence-electron chi connectivity index (χ4n) is 2.14. The van der Waals surface area contributed by atoms with Crippen LogP contribution >= 0.6 is 11.8 Å². The maximum absolute atomic E-state index is 11.9. The Morgan fingerprint density at radius 3 is 2.86 bits per heavy atom. The minimum Gasteiger partial charge on any atom is -0.351 e. The monoisotopic (exact) mass is 303 g/mol. The molecule has 0 bridgehead atoms. The van der Waals surface area contributed by atoms with Crippen molar-refractivity contribution < 1.29 is 4.79 Å². The molecule has 1 aliphatic rings. The Morgan fingerprint density at radius 2 is 2.19 bits per heavy atom. The molecule has 2 aromatic rings. The number of carbonyl (C=O) groups is 1. The van der Waals surface area contributed by atoms with E-state index in [2.05, 4.69) is 20.7 Å². The van der Waals surface area contributed by atoms with Crippen LogP contribution in [0.2, 0.25) is 0 Å². The maximum Gasteiger partial charge on any atom is 0.238 e. The summed E-state index contributed by atoms with van der Waals surface area (Å²) < 4.78 is 1.78. The number of nitrogens with one attached hydrogen (secondary N) is 2. The average Bonchev–Trinajstić information content (AvgIpc) is 3.19. The lowest BCUT2D eigenvalue weighted by molar-refractivity contribution is -0.122. The van der Waals surface area contributed by atoms with Crippen molar-refractivity contribution in [1.82, 2.24) is 25.4 Å². The van der Waals surface area contributed by atoms with Crippen LogP contribution in [0.1, 0.15) is 11.1 Å². The van der Waals surface area contributed by atoms with Crippen LogP contribution in [-0.4, -0.2) is 38.3 Å². The lowest BCUT2D eigenvalue weighted by Gasteiger charge is -2.10. The van der Waals surface area contributed by atoms with Crippen molar-refractivity contribution in [3.8, 4) is 0 Å². The van der Waals surface area contributed by atoms with Crippen LogP contribution in [0.3, 0.4) is 0 Å². The van der Waals surface area contributed by atoms with Crippen LogP contribution < -0.4 is 10.6 Å². The molecule has 21 heavy (non-hydrogen) atoms. The number of thioether (sulfide) groups is 1. The highest BCUT2D eigenvalue weighted by atomic mass is 32.2. The molecule has 1 aromatic carbocycles. The normalized spacial score (nSPS) is 17.8. The second-order valence-electron chi connectivity index (χ2n) is 4.90. The lowest BCUT2D eigenvalue weighted by Crippen LogP contribution is -2.41. The van der Waals surface area contributed by atoms with E-state index in [1.54, 1.807) is 22.8 Å². The van der Waals surface area contributed by atoms with Gasteiger partial charge in [0.1, 0.15) is 12.7 Å². The minimum absolute atomic E-state index is 0.0541. The molecular formula is C14H17N5OS. The molecule has 0 spiro atoms. The largest absolute Gasteiger partial charge is 0.351 e. The van der Waals surface area contributed by atoms with Gasteiger partial charge in [-0.1, -0.05) is 24.3 Å². The first-order chi connectivity index (χ1) is 10.3. The van der Waals surface area contributed by atoms with Crippen molar-refractivity contribution in [1.29, 1.82) is 0 Å². The Bertz CT molecular complexity index is 578. The van der Waals surface area contributed by atoms with Crippen molar-refractivity contribution in [3.63, 3.8) is 0 Å². The topological polar surface area (TPSA) is 71.8 Å². The van der Waals surface area contributed by atoms with Crippen molar-refractivity contribution in [3.05, 3.63) is 48.0 Å². The number of rotatable bonds is 5. The van der Waals surface area contributed by atoms with Crippen molar-refractivity contribution >= 4 is 17.7 Å². The quantitative estimate of drug-likeness (QED) is 0.846. The van der Waals surface area contributed by atoms with E-state index in [4.69, 9.17) is 0 Å². The van der Waals surface area contributed by atoms with Gasteiger partial charge in [0.2, 0.25) is 5.91 Å². The molecular weight excluding hydrogens is 286 g/mol. The van der Waals surface area contributed by atoms with Crippen LogP contribution in [0.15, 0.2) is 36.9 Å². The third kappa shape index (κ3) is 3.83. The van der Waals surface area contributed by atoms with E-state index in [1.165, 1.54) is 6.33 Å². The van der Waals surface area contributed by atoms with Gasteiger partial charge in [-0.3, -0.25) is 10.1 Å². The predicted octanol–water partition coefficient (Wildman–Crippen LogP) is 0.605. The Balaban J connectivity index is 1.51. The molecule has 0 saturated carbocycles. The molecule has 1 aromatic heterocycles. The molecule has 1 fully saturated rings. The predicted molar refractivity (Wildman–Crippen MR) is 81.7 cm³/mol. The van der Waals surface area contributed by atoms with Gasteiger partial charge in [0.05, 0.1) is 12.6 Å². The standard InChI is InChI=1S/C14H17N5OS/c20-14(13-7-21-10-17-13)16-5-11-1-3-12(4-2-11)6-19-9-15-8-18-19/h1-4,8-9,13,17H,5-7,10H2,(H,16,20). The fraction of sp³-hybridized carbons (Fsp3) is 0.357. The average molecular weight is 303 g/mol. The molecule has 2 N–H and O–H groups in total. The third-order valence-electron chi connectivity index (χ3n) is 3.33. The van der Waals surface area contributed by atoms with E-state index in [0.29, 0.717) is 13.1 Å². The molecule has 1 saturated heterocycles. The molecule has 1 unspecified atom stereocenters. The second-order valence-corrected chi connectivity index (χ2v) is 5.93. The Kier molecular flexibility index (Phi) is 4.52. The number of hydrogen-bond acceptors (Lipinski definition) is 5. The molecule has 7 heteroatoms. The van der Waals surface area contributed by atoms with Gasteiger partial charge in [-0.2, -0.15) is 5.10 Å². The highest BCUT2D eigenvalue weighted by Crippen LogP contribution is 2.10. The molecule has 3 rings (SSSR count). The number of amides is 1. The summed E-state index contributed by atoms with van der Waals surface area (Å²) in [6, 6.07) is 8.11. The van der Waals surface area contributed by atoms with Crippen molar-refractivity contribution in [2.75, 3.05) is 11.6 Å². The summed E-state index contributed by atoms with van der Waals surface area (Å²) in [6.07, 6.45) is 3.22. The molecule has 1 atom stereocenters. The summed E-state index contributed by atoms with van der Waals surface area (Å²) in [5, 5.41) is 10.2. The van der Waals surface area contributed by atoms with E-state index >= 15 is 0 Å². The maximum atomic E-state index is 11.9. The van der Waals surface area contributed by atoms with E-state index < -0.39 is 0 Å². The van der Waals surface area contributed by atoms with Gasteiger partial charge in [0.25, 0.3) is 0 Å². The van der Waals surface area contributed by atoms with Gasteiger partial charge in [-0.25, -0.2) is 9.67 Å². The third-order valence-corrected chi connectivity index (χ3v) is 4.27. The van der Waals surface area contributed by atoms with Crippen molar-refractivity contribution in [2.45, 2.75) is 19.1 Å². The number of benzene rings is 1. The SMILES string of the molecule is O=C(NCc1ccc(Cn2cncn2)cc1)C1CSCN1. The first-order valence-electron chi connectivity index (χ1n) is 6.80. The highest BCUT2D eigenvalue weighted by molar-refractivity contribution is 7.99. The van der Waals surface area contributed by atoms with Crippen LogP contribution in [0.4, 0.5) is 0 Å². The molecule has 1 aliphatic heterocycles. The summed E-state index contributed by atoms with van der Waals surface area (Å²) >= 11 is 1.75. The zero-order valence-corrected chi connectivity index (χ0v) is 12.3. The Morgan fingerprint density at radius 1 is 1.38 bits per heavy atom. The molecule has 0 aliphatic carbocycles. The summed E-state index contributed by atoms with van der Waals surface area (Å²) in [5.41, 5.74) is 2.25. The van der Waals surface area contributed by atoms with Gasteiger partial charge < -0.3 is 5.32 Å². The minimum atomic E-state index is -0.0541. The first-order valence-corrected chi connectivity index (χ1v) is 7.96. The Labute approximate surface area is 127 Å². The van der Waals surface area contributed by atoms with E-state index in [9.17, 15) is 4.79 Å². The van der Waals surface area contributed by atoms with Gasteiger partial charge >= 0.3 is 0 Å². The lowest BCUT2D eigenvalue weighted by atomic mass is 10.1. The first kappa shape index (κ1) is 14.1. The zero-order chi connectivity index (χ0) is 14.5. The molecule has 2 heterocycles. The number of carbonyl (C=O) groups excluding carboxylic acids is 1. The zero-order valence-electron chi connectivity index (χ0n) is 11.5. The summed E-state index contributed by atoms with van der Waals surface area (Å²) in [5.74, 6) is 1.78. The van der Waals surface area contributed by atoms with Gasteiger partial charge in [-0.15, -0.1) is 11.8 Å². The van der Waals surface area contributed by atoms with E-state index in [0.717, 1.165) is 22.8 Å². The van der Waals surface area contributed by atoms with Crippen LogP contribution in [0.25, 0.3) is 0 Å². The second kappa shape index (κ2) is 6.73. The molecule has 1 amide bonds. The smallest absolute Gasteiger partial charge is 0.238 e. The van der Waals surface area contributed by atoms with E-state index in [1.807, 2.05) is 24.3 Å². The van der Waals surface area contributed by atoms with Crippen molar-refractivity contribution in [2.24, 2.45) is 0 Å². The van der Waals surface area contributed by atoms with Gasteiger partial charge in [-0.05, 0) is 11.1 Å². The molecule has 0 radical (unpaired) electrons. The van der Waals surface area contributed by atoms with Crippen LogP contribution in [0.5, 0.6) is 0 Å². The number of nitrogens with zero attached hydrogens (tertiary/aromatic N) is 3. The van der Waals surface area contributed by atoms with E-state index in [-0.39, 0.29) is 11.9 Å². The summed E-state index contributed by atoms with van der Waals surface area (Å²) in [4.78, 5) is 15.8. The molecule has 110 valence electrons. The Hall–Kier alpha value is -1.86. The van der Waals surface area contributed by atoms with Gasteiger partial charge in [0, 0.05) is 18.2 Å². The highest BCUT2D eigenvalue weighted by Gasteiger charge is 2.21.